The van der Waals surface area contributed by atoms with Gasteiger partial charge in [-0.25, -0.2) is 17.6 Å². The summed E-state index contributed by atoms with van der Waals surface area (Å²) in [5, 5.41) is 9.06. The standard InChI is InChI=1S/C14H11BrFNO4S/c1-8-2-4-10(7-11(8)14(18)19)22(20,21)17-13-5-3-9(16)6-12(13)15/h2-7,17H,1H3,(H,18,19). The van der Waals surface area contributed by atoms with Gasteiger partial charge in [0.15, 0.2) is 0 Å². The van der Waals surface area contributed by atoms with Crippen molar-refractivity contribution in [2.24, 2.45) is 0 Å². The van der Waals surface area contributed by atoms with Crippen molar-refractivity contribution in [3.05, 3.63) is 57.8 Å². The van der Waals surface area contributed by atoms with Crippen LogP contribution in [0, 0.1) is 12.7 Å². The highest BCUT2D eigenvalue weighted by Crippen LogP contribution is 2.26. The van der Waals surface area contributed by atoms with Gasteiger partial charge in [0.2, 0.25) is 0 Å². The molecule has 0 aliphatic carbocycles. The first-order valence-electron chi connectivity index (χ1n) is 6.02. The Morgan fingerprint density at radius 2 is 1.91 bits per heavy atom. The van der Waals surface area contributed by atoms with E-state index in [1.165, 1.54) is 18.2 Å². The van der Waals surface area contributed by atoms with Gasteiger partial charge in [-0.3, -0.25) is 4.72 Å². The molecule has 0 aromatic heterocycles. The molecule has 0 aliphatic rings. The van der Waals surface area contributed by atoms with Crippen LogP contribution in [-0.2, 0) is 10.0 Å². The van der Waals surface area contributed by atoms with Crippen LogP contribution >= 0.6 is 15.9 Å². The minimum atomic E-state index is -3.99. The number of aromatic carboxylic acids is 1. The number of carboxylic acids is 1. The molecule has 116 valence electrons. The van der Waals surface area contributed by atoms with E-state index in [0.717, 1.165) is 18.2 Å². The molecule has 2 aromatic carbocycles. The molecule has 2 aromatic rings. The number of anilines is 1. The number of benzene rings is 2. The van der Waals surface area contributed by atoms with Gasteiger partial charge < -0.3 is 5.11 Å². The fraction of sp³-hybridized carbons (Fsp3) is 0.0714. The van der Waals surface area contributed by atoms with Gasteiger partial charge in [0.25, 0.3) is 10.0 Å². The molecule has 5 nitrogen and oxygen atoms in total. The van der Waals surface area contributed by atoms with E-state index in [9.17, 15) is 17.6 Å². The molecule has 0 spiro atoms. The summed E-state index contributed by atoms with van der Waals surface area (Å²) >= 11 is 3.06. The zero-order chi connectivity index (χ0) is 16.5. The summed E-state index contributed by atoms with van der Waals surface area (Å²) in [6.07, 6.45) is 0. The third-order valence-corrected chi connectivity index (χ3v) is 4.94. The average molecular weight is 388 g/mol. The van der Waals surface area contributed by atoms with Crippen LogP contribution in [0.4, 0.5) is 10.1 Å². The number of sulfonamides is 1. The second-order valence-corrected chi connectivity index (χ2v) is 7.05. The first kappa shape index (κ1) is 16.4. The molecule has 0 amide bonds. The van der Waals surface area contributed by atoms with Crippen molar-refractivity contribution in [3.8, 4) is 0 Å². The number of carbonyl (C=O) groups is 1. The summed E-state index contributed by atoms with van der Waals surface area (Å²) in [7, 11) is -3.99. The Morgan fingerprint density at radius 3 is 2.50 bits per heavy atom. The maximum Gasteiger partial charge on any atom is 0.335 e. The van der Waals surface area contributed by atoms with Crippen LogP contribution in [0.25, 0.3) is 0 Å². The summed E-state index contributed by atoms with van der Waals surface area (Å²) in [5.41, 5.74) is 0.509. The van der Waals surface area contributed by atoms with Gasteiger partial charge in [-0.2, -0.15) is 0 Å². The highest BCUT2D eigenvalue weighted by molar-refractivity contribution is 9.10. The maximum absolute atomic E-state index is 13.0. The number of aryl methyl sites for hydroxylation is 1. The Bertz CT molecular complexity index is 852. The number of rotatable bonds is 4. The average Bonchev–Trinajstić information content (AvgIpc) is 2.42. The highest BCUT2D eigenvalue weighted by Gasteiger charge is 2.19. The Labute approximate surface area is 135 Å². The number of halogens is 2. The molecule has 2 rings (SSSR count). The van der Waals surface area contributed by atoms with Gasteiger partial charge in [0.1, 0.15) is 5.82 Å². The van der Waals surface area contributed by atoms with Gasteiger partial charge >= 0.3 is 5.97 Å². The molecular formula is C14H11BrFNO4S. The van der Waals surface area contributed by atoms with E-state index < -0.39 is 21.8 Å². The molecule has 0 heterocycles. The predicted octanol–water partition coefficient (Wildman–Crippen LogP) is 3.40. The lowest BCUT2D eigenvalue weighted by Crippen LogP contribution is -2.14. The first-order chi connectivity index (χ1) is 10.2. The molecule has 0 saturated carbocycles. The summed E-state index contributed by atoms with van der Waals surface area (Å²) in [6, 6.07) is 7.30. The van der Waals surface area contributed by atoms with E-state index in [1.54, 1.807) is 6.92 Å². The molecule has 8 heteroatoms. The minimum Gasteiger partial charge on any atom is -0.478 e. The van der Waals surface area contributed by atoms with Crippen molar-refractivity contribution in [1.82, 2.24) is 0 Å². The van der Waals surface area contributed by atoms with Gasteiger partial charge in [-0.15, -0.1) is 0 Å². The van der Waals surface area contributed by atoms with Gasteiger partial charge in [0, 0.05) is 4.47 Å². The van der Waals surface area contributed by atoms with Crippen molar-refractivity contribution in [1.29, 1.82) is 0 Å². The Morgan fingerprint density at radius 1 is 1.23 bits per heavy atom. The molecule has 0 fully saturated rings. The number of carboxylic acid groups (broad SMARTS) is 1. The Hall–Kier alpha value is -1.93. The van der Waals surface area contributed by atoms with Crippen LogP contribution in [0.3, 0.4) is 0 Å². The van der Waals surface area contributed by atoms with Gasteiger partial charge in [-0.05, 0) is 58.7 Å². The molecule has 0 saturated heterocycles. The van der Waals surface area contributed by atoms with E-state index in [4.69, 9.17) is 5.11 Å². The normalized spacial score (nSPS) is 11.2. The Balaban J connectivity index is 2.42. The predicted molar refractivity (Wildman–Crippen MR) is 83.0 cm³/mol. The summed E-state index contributed by atoms with van der Waals surface area (Å²) in [6.45, 7) is 1.57. The highest BCUT2D eigenvalue weighted by atomic mass is 79.9. The van der Waals surface area contributed by atoms with Crippen LogP contribution in [0.2, 0.25) is 0 Å². The number of nitrogens with one attached hydrogen (secondary N) is 1. The van der Waals surface area contributed by atoms with Crippen molar-refractivity contribution in [3.63, 3.8) is 0 Å². The molecule has 22 heavy (non-hydrogen) atoms. The second kappa shape index (κ2) is 6.05. The van der Waals surface area contributed by atoms with Crippen LogP contribution in [0.1, 0.15) is 15.9 Å². The van der Waals surface area contributed by atoms with Crippen LogP contribution in [0.5, 0.6) is 0 Å². The van der Waals surface area contributed by atoms with Crippen molar-refractivity contribution < 1.29 is 22.7 Å². The third-order valence-electron chi connectivity index (χ3n) is 2.93. The van der Waals surface area contributed by atoms with Crippen LogP contribution in [0.15, 0.2) is 45.8 Å². The lowest BCUT2D eigenvalue weighted by Gasteiger charge is -2.11. The molecule has 0 radical (unpaired) electrons. The third kappa shape index (κ3) is 3.45. The van der Waals surface area contributed by atoms with Gasteiger partial charge in [0.05, 0.1) is 16.1 Å². The number of hydrogen-bond donors (Lipinski definition) is 2. The van der Waals surface area contributed by atoms with Crippen molar-refractivity contribution in [2.45, 2.75) is 11.8 Å². The quantitative estimate of drug-likeness (QED) is 0.841. The van der Waals surface area contributed by atoms with E-state index in [1.807, 2.05) is 0 Å². The summed E-state index contributed by atoms with van der Waals surface area (Å²) in [4.78, 5) is 10.9. The van der Waals surface area contributed by atoms with Crippen molar-refractivity contribution in [2.75, 3.05) is 4.72 Å². The molecule has 0 bridgehead atoms. The Kier molecular flexibility index (Phi) is 4.52. The van der Waals surface area contributed by atoms with E-state index >= 15 is 0 Å². The zero-order valence-electron chi connectivity index (χ0n) is 11.3. The van der Waals surface area contributed by atoms with Crippen LogP contribution in [-0.4, -0.2) is 19.5 Å². The van der Waals surface area contributed by atoms with E-state index in [2.05, 4.69) is 20.7 Å². The zero-order valence-corrected chi connectivity index (χ0v) is 13.7. The van der Waals surface area contributed by atoms with Crippen molar-refractivity contribution >= 4 is 37.6 Å². The minimum absolute atomic E-state index is 0.0963. The molecule has 0 aliphatic heterocycles. The first-order valence-corrected chi connectivity index (χ1v) is 8.30. The van der Waals surface area contributed by atoms with E-state index in [0.29, 0.717) is 5.56 Å². The number of hydrogen-bond acceptors (Lipinski definition) is 3. The monoisotopic (exact) mass is 387 g/mol. The molecule has 2 N–H and O–H groups in total. The smallest absolute Gasteiger partial charge is 0.335 e. The molecule has 0 unspecified atom stereocenters. The largest absolute Gasteiger partial charge is 0.478 e. The second-order valence-electron chi connectivity index (χ2n) is 4.51. The lowest BCUT2D eigenvalue weighted by molar-refractivity contribution is 0.0696. The van der Waals surface area contributed by atoms with E-state index in [-0.39, 0.29) is 20.6 Å². The molecule has 0 atom stereocenters. The maximum atomic E-state index is 13.0. The summed E-state index contributed by atoms with van der Waals surface area (Å²) < 4.78 is 40.1. The summed E-state index contributed by atoms with van der Waals surface area (Å²) in [5.74, 6) is -1.73. The fourth-order valence-electron chi connectivity index (χ4n) is 1.77. The molecular weight excluding hydrogens is 377 g/mol. The topological polar surface area (TPSA) is 83.5 Å². The van der Waals surface area contributed by atoms with Gasteiger partial charge in [-0.1, -0.05) is 6.07 Å². The van der Waals surface area contributed by atoms with Crippen LogP contribution < -0.4 is 4.72 Å². The fourth-order valence-corrected chi connectivity index (χ4v) is 3.46. The lowest BCUT2D eigenvalue weighted by atomic mass is 10.1. The SMILES string of the molecule is Cc1ccc(S(=O)(=O)Nc2ccc(F)cc2Br)cc1C(=O)O.